The Labute approximate surface area is 145 Å². The van der Waals surface area contributed by atoms with Crippen molar-refractivity contribution in [3.05, 3.63) is 24.3 Å². The first-order valence-electron chi connectivity index (χ1n) is 8.26. The molecule has 1 heterocycles. The van der Waals surface area contributed by atoms with Gasteiger partial charge in [0.2, 0.25) is 0 Å². The molecule has 0 radical (unpaired) electrons. The minimum absolute atomic E-state index is 0.142. The van der Waals surface area contributed by atoms with E-state index >= 15 is 0 Å². The molecule has 0 aromatic heterocycles. The number of nitrogens with zero attached hydrogens (tertiary/aromatic N) is 2. The van der Waals surface area contributed by atoms with Gasteiger partial charge in [0.15, 0.2) is 0 Å². The largest absolute Gasteiger partial charge is 0.383 e. The number of nitrogens with one attached hydrogen (secondary N) is 2. The van der Waals surface area contributed by atoms with E-state index in [1.807, 2.05) is 12.1 Å². The number of methoxy groups -OCH3 is 1. The number of rotatable bonds is 8. The molecular formula is C16H28N4O3S. The smallest absolute Gasteiger partial charge is 0.299 e. The Kier molecular flexibility index (Phi) is 6.85. The van der Waals surface area contributed by atoms with Gasteiger partial charge in [-0.3, -0.25) is 9.62 Å². The van der Waals surface area contributed by atoms with E-state index in [9.17, 15) is 8.42 Å². The van der Waals surface area contributed by atoms with E-state index in [-0.39, 0.29) is 6.04 Å². The molecule has 1 aromatic rings. The average molecular weight is 356 g/mol. The lowest BCUT2D eigenvalue weighted by Gasteiger charge is -2.36. The zero-order valence-electron chi connectivity index (χ0n) is 14.7. The van der Waals surface area contributed by atoms with Gasteiger partial charge in [-0.25, -0.2) is 0 Å². The highest BCUT2D eigenvalue weighted by molar-refractivity contribution is 7.90. The van der Waals surface area contributed by atoms with Crippen LogP contribution in [0.5, 0.6) is 0 Å². The highest BCUT2D eigenvalue weighted by Crippen LogP contribution is 2.20. The molecule has 0 atom stereocenters. The van der Waals surface area contributed by atoms with Crippen LogP contribution in [0.25, 0.3) is 0 Å². The lowest BCUT2D eigenvalue weighted by Crippen LogP contribution is -2.47. The van der Waals surface area contributed by atoms with E-state index in [2.05, 4.69) is 19.2 Å². The predicted molar refractivity (Wildman–Crippen MR) is 97.8 cm³/mol. The maximum Gasteiger partial charge on any atom is 0.299 e. The fourth-order valence-corrected chi connectivity index (χ4v) is 3.81. The fourth-order valence-electron chi connectivity index (χ4n) is 2.69. The molecular weight excluding hydrogens is 328 g/mol. The van der Waals surface area contributed by atoms with Crippen molar-refractivity contribution in [1.82, 2.24) is 9.62 Å². The molecule has 136 valence electrons. The third-order valence-electron chi connectivity index (χ3n) is 3.86. The first-order chi connectivity index (χ1) is 11.4. The first-order valence-corrected chi connectivity index (χ1v) is 9.74. The molecule has 1 aromatic carbocycles. The summed E-state index contributed by atoms with van der Waals surface area (Å²) in [6.07, 6.45) is 0. The SMILES string of the molecule is COCCN1CCN(c2ccc(NS(=O)(=O)NC(C)C)cc2)CC1. The zero-order chi connectivity index (χ0) is 17.6. The Balaban J connectivity index is 1.89. The molecule has 2 rings (SSSR count). The minimum atomic E-state index is -3.52. The second-order valence-corrected chi connectivity index (χ2v) is 7.69. The topological polar surface area (TPSA) is 73.9 Å². The molecule has 2 N–H and O–H groups in total. The molecule has 0 saturated carbocycles. The average Bonchev–Trinajstić information content (AvgIpc) is 2.52. The van der Waals surface area contributed by atoms with Crippen LogP contribution in [-0.2, 0) is 14.9 Å². The molecule has 1 saturated heterocycles. The van der Waals surface area contributed by atoms with Crippen LogP contribution in [0, 0.1) is 0 Å². The van der Waals surface area contributed by atoms with Crippen LogP contribution < -0.4 is 14.3 Å². The van der Waals surface area contributed by atoms with E-state index < -0.39 is 10.2 Å². The first kappa shape index (κ1) is 19.0. The van der Waals surface area contributed by atoms with E-state index in [4.69, 9.17) is 4.74 Å². The summed E-state index contributed by atoms with van der Waals surface area (Å²) in [5.74, 6) is 0. The summed E-state index contributed by atoms with van der Waals surface area (Å²) in [5, 5.41) is 0. The third-order valence-corrected chi connectivity index (χ3v) is 5.15. The highest BCUT2D eigenvalue weighted by atomic mass is 32.2. The highest BCUT2D eigenvalue weighted by Gasteiger charge is 2.17. The molecule has 1 fully saturated rings. The second kappa shape index (κ2) is 8.66. The Morgan fingerprint density at radius 3 is 2.29 bits per heavy atom. The molecule has 0 bridgehead atoms. The number of benzene rings is 1. The number of anilines is 2. The monoisotopic (exact) mass is 356 g/mol. The van der Waals surface area contributed by atoms with Crippen molar-refractivity contribution in [2.45, 2.75) is 19.9 Å². The lowest BCUT2D eigenvalue weighted by atomic mass is 10.2. The van der Waals surface area contributed by atoms with Crippen LogP contribution in [0.15, 0.2) is 24.3 Å². The van der Waals surface area contributed by atoms with Crippen LogP contribution in [0.1, 0.15) is 13.8 Å². The maximum atomic E-state index is 11.9. The van der Waals surface area contributed by atoms with Gasteiger partial charge in [0.05, 0.1) is 6.61 Å². The molecule has 7 nitrogen and oxygen atoms in total. The van der Waals surface area contributed by atoms with Crippen LogP contribution >= 0.6 is 0 Å². The standard InChI is InChI=1S/C16H28N4O3S/c1-14(2)17-24(21,22)18-15-4-6-16(7-5-15)20-10-8-19(9-11-20)12-13-23-3/h4-7,14,17-18H,8-13H2,1-3H3. The van der Waals surface area contributed by atoms with E-state index in [1.165, 1.54) is 0 Å². The predicted octanol–water partition coefficient (Wildman–Crippen LogP) is 1.11. The molecule has 8 heteroatoms. The lowest BCUT2D eigenvalue weighted by molar-refractivity contribution is 0.144. The van der Waals surface area contributed by atoms with Gasteiger partial charge < -0.3 is 9.64 Å². The summed E-state index contributed by atoms with van der Waals surface area (Å²) >= 11 is 0. The van der Waals surface area contributed by atoms with E-state index in [0.29, 0.717) is 5.69 Å². The van der Waals surface area contributed by atoms with Crippen molar-refractivity contribution >= 4 is 21.6 Å². The van der Waals surface area contributed by atoms with Gasteiger partial charge in [-0.1, -0.05) is 0 Å². The van der Waals surface area contributed by atoms with Crippen molar-refractivity contribution in [3.63, 3.8) is 0 Å². The van der Waals surface area contributed by atoms with Crippen molar-refractivity contribution in [2.24, 2.45) is 0 Å². The number of hydrogen-bond donors (Lipinski definition) is 2. The Bertz CT molecular complexity index is 596. The summed E-state index contributed by atoms with van der Waals surface area (Å²) < 4.78 is 33.9. The molecule has 1 aliphatic rings. The number of hydrogen-bond acceptors (Lipinski definition) is 5. The van der Waals surface area contributed by atoms with Crippen molar-refractivity contribution in [3.8, 4) is 0 Å². The van der Waals surface area contributed by atoms with Gasteiger partial charge in [-0.15, -0.1) is 0 Å². The van der Waals surface area contributed by atoms with Crippen molar-refractivity contribution in [1.29, 1.82) is 0 Å². The summed E-state index contributed by atoms with van der Waals surface area (Å²) in [5.41, 5.74) is 1.67. The molecule has 0 unspecified atom stereocenters. The third kappa shape index (κ3) is 5.94. The van der Waals surface area contributed by atoms with Crippen molar-refractivity contribution in [2.75, 3.05) is 56.1 Å². The maximum absolute atomic E-state index is 11.9. The normalized spacial score (nSPS) is 16.6. The van der Waals surface area contributed by atoms with Crippen molar-refractivity contribution < 1.29 is 13.2 Å². The summed E-state index contributed by atoms with van der Waals surface area (Å²) in [6, 6.07) is 7.37. The van der Waals surface area contributed by atoms with E-state index in [0.717, 1.165) is 45.0 Å². The van der Waals surface area contributed by atoms with Gasteiger partial charge in [0, 0.05) is 57.3 Å². The Morgan fingerprint density at radius 1 is 1.12 bits per heavy atom. The zero-order valence-corrected chi connectivity index (χ0v) is 15.5. The van der Waals surface area contributed by atoms with Gasteiger partial charge >= 0.3 is 0 Å². The van der Waals surface area contributed by atoms with Crippen LogP contribution in [-0.4, -0.2) is 65.8 Å². The number of piperazine rings is 1. The molecule has 1 aliphatic heterocycles. The molecule has 0 amide bonds. The van der Waals surface area contributed by atoms with Crippen LogP contribution in [0.2, 0.25) is 0 Å². The van der Waals surface area contributed by atoms with Crippen LogP contribution in [0.3, 0.4) is 0 Å². The summed E-state index contributed by atoms with van der Waals surface area (Å²) in [7, 11) is -1.79. The van der Waals surface area contributed by atoms with Crippen LogP contribution in [0.4, 0.5) is 11.4 Å². The minimum Gasteiger partial charge on any atom is -0.383 e. The Hall–Kier alpha value is -1.35. The molecule has 0 spiro atoms. The summed E-state index contributed by atoms with van der Waals surface area (Å²) in [6.45, 7) is 9.25. The van der Waals surface area contributed by atoms with E-state index in [1.54, 1.807) is 33.1 Å². The summed E-state index contributed by atoms with van der Waals surface area (Å²) in [4.78, 5) is 4.70. The van der Waals surface area contributed by atoms with Gasteiger partial charge in [0.25, 0.3) is 10.2 Å². The fraction of sp³-hybridized carbons (Fsp3) is 0.625. The molecule has 24 heavy (non-hydrogen) atoms. The number of ether oxygens (including phenoxy) is 1. The quantitative estimate of drug-likeness (QED) is 0.730. The van der Waals surface area contributed by atoms with Gasteiger partial charge in [-0.2, -0.15) is 13.1 Å². The van der Waals surface area contributed by atoms with Gasteiger partial charge in [0.1, 0.15) is 0 Å². The van der Waals surface area contributed by atoms with Gasteiger partial charge in [-0.05, 0) is 38.1 Å². The Morgan fingerprint density at radius 2 is 1.75 bits per heavy atom. The second-order valence-electron chi connectivity index (χ2n) is 6.25. The molecule has 0 aliphatic carbocycles.